The molecule has 10 heteroatoms. The Morgan fingerprint density at radius 3 is 2.29 bits per heavy atom. The van der Waals surface area contributed by atoms with Gasteiger partial charge in [0.25, 0.3) is 0 Å². The summed E-state index contributed by atoms with van der Waals surface area (Å²) in [5.41, 5.74) is 4.82. The van der Waals surface area contributed by atoms with Crippen LogP contribution in [0.4, 0.5) is 23.2 Å². The maximum Gasteiger partial charge on any atom is 0.402 e. The largest absolute Gasteiger partial charge is 0.402 e. The zero-order chi connectivity index (χ0) is 16.6. The van der Waals surface area contributed by atoms with Gasteiger partial charge >= 0.3 is 6.18 Å². The molecule has 21 heavy (non-hydrogen) atoms. The first-order valence-electron chi connectivity index (χ1n) is 5.69. The number of hydrogen-bond acceptors (Lipinski definition) is 3. The maximum atomic E-state index is 13.2. The van der Waals surface area contributed by atoms with Crippen LogP contribution in [-0.4, -0.2) is 31.5 Å². The van der Waals surface area contributed by atoms with Gasteiger partial charge in [-0.25, -0.2) is 12.8 Å². The number of nitrogens with two attached hydrogens (primary N) is 1. The van der Waals surface area contributed by atoms with Crippen molar-refractivity contribution < 1.29 is 26.0 Å². The first kappa shape index (κ1) is 18.2. The molecule has 0 spiro atoms. The summed E-state index contributed by atoms with van der Waals surface area (Å²) in [5.74, 6) is -0.868. The van der Waals surface area contributed by atoms with E-state index in [1.807, 2.05) is 0 Å². The number of benzene rings is 1. The second-order valence-electron chi connectivity index (χ2n) is 4.56. The van der Waals surface area contributed by atoms with Gasteiger partial charge in [0.15, 0.2) is 0 Å². The van der Waals surface area contributed by atoms with E-state index in [1.54, 1.807) is 0 Å². The number of sulfonamides is 1. The van der Waals surface area contributed by atoms with Gasteiger partial charge in [-0.1, -0.05) is 0 Å². The van der Waals surface area contributed by atoms with Crippen molar-refractivity contribution in [2.75, 3.05) is 12.3 Å². The summed E-state index contributed by atoms with van der Waals surface area (Å²) in [6, 6.07) is 0.657. The molecule has 0 bridgehead atoms. The van der Waals surface area contributed by atoms with Crippen LogP contribution in [0.2, 0.25) is 0 Å². The summed E-state index contributed by atoms with van der Waals surface area (Å²) in [6.07, 6.45) is -4.70. The standard InChI is InChI=1S/C11H13BrF4N2O2S/c1-6(2)18(5-11(14,15)16)21(19,20)10-4-9(17)8(13)3-7(10)12/h3-4,6H,5,17H2,1-2H3. The summed E-state index contributed by atoms with van der Waals surface area (Å²) >= 11 is 2.83. The molecule has 4 nitrogen and oxygen atoms in total. The number of halogens is 5. The molecule has 0 atom stereocenters. The van der Waals surface area contributed by atoms with Crippen molar-refractivity contribution in [1.29, 1.82) is 0 Å². The number of rotatable bonds is 4. The van der Waals surface area contributed by atoms with Crippen LogP contribution in [0.3, 0.4) is 0 Å². The Balaban J connectivity index is 3.40. The predicted octanol–water partition coefficient (Wildman–Crippen LogP) is 3.13. The Labute approximate surface area is 128 Å². The molecule has 0 unspecified atom stereocenters. The highest BCUT2D eigenvalue weighted by Gasteiger charge is 2.39. The Morgan fingerprint density at radius 1 is 1.33 bits per heavy atom. The molecule has 0 amide bonds. The lowest BCUT2D eigenvalue weighted by molar-refractivity contribution is -0.138. The Hall–Kier alpha value is -0.870. The second-order valence-corrected chi connectivity index (χ2v) is 7.28. The van der Waals surface area contributed by atoms with Gasteiger partial charge in [0, 0.05) is 10.5 Å². The first-order chi connectivity index (χ1) is 9.36. The number of nitrogen functional groups attached to an aromatic ring is 1. The van der Waals surface area contributed by atoms with E-state index >= 15 is 0 Å². The molecule has 1 aromatic carbocycles. The van der Waals surface area contributed by atoms with Crippen LogP contribution in [0.25, 0.3) is 0 Å². The number of alkyl halides is 3. The molecule has 2 N–H and O–H groups in total. The fourth-order valence-electron chi connectivity index (χ4n) is 1.59. The molecule has 0 heterocycles. The molecule has 0 aliphatic heterocycles. The van der Waals surface area contributed by atoms with Gasteiger partial charge in [0.2, 0.25) is 10.0 Å². The minimum absolute atomic E-state index is 0.193. The van der Waals surface area contributed by atoms with Crippen LogP contribution in [-0.2, 0) is 10.0 Å². The van der Waals surface area contributed by atoms with Gasteiger partial charge < -0.3 is 5.73 Å². The quantitative estimate of drug-likeness (QED) is 0.632. The minimum Gasteiger partial charge on any atom is -0.396 e. The van der Waals surface area contributed by atoms with Crippen molar-refractivity contribution in [1.82, 2.24) is 4.31 Å². The van der Waals surface area contributed by atoms with Crippen molar-refractivity contribution in [2.45, 2.75) is 31.0 Å². The van der Waals surface area contributed by atoms with Crippen molar-refractivity contribution in [3.8, 4) is 0 Å². The Bertz CT molecular complexity index is 632. The van der Waals surface area contributed by atoms with Crippen molar-refractivity contribution in [3.05, 3.63) is 22.4 Å². The molecular weight excluding hydrogens is 380 g/mol. The zero-order valence-corrected chi connectivity index (χ0v) is 13.5. The lowest BCUT2D eigenvalue weighted by Gasteiger charge is -2.27. The molecule has 0 radical (unpaired) electrons. The number of nitrogens with zero attached hydrogens (tertiary/aromatic N) is 1. The summed E-state index contributed by atoms with van der Waals surface area (Å²) in [7, 11) is -4.48. The predicted molar refractivity (Wildman–Crippen MR) is 73.6 cm³/mol. The Kier molecular flexibility index (Phi) is 5.27. The molecule has 1 rings (SSSR count). The third-order valence-corrected chi connectivity index (χ3v) is 5.53. The molecular formula is C11H13BrF4N2O2S. The van der Waals surface area contributed by atoms with Gasteiger partial charge in [-0.2, -0.15) is 17.5 Å². The van der Waals surface area contributed by atoms with Gasteiger partial charge in [-0.15, -0.1) is 0 Å². The van der Waals surface area contributed by atoms with E-state index in [0.29, 0.717) is 0 Å². The molecule has 120 valence electrons. The van der Waals surface area contributed by atoms with E-state index in [2.05, 4.69) is 15.9 Å². The highest BCUT2D eigenvalue weighted by molar-refractivity contribution is 9.10. The number of hydrogen-bond donors (Lipinski definition) is 1. The normalized spacial score (nSPS) is 13.2. The van der Waals surface area contributed by atoms with Gasteiger partial charge in [-0.3, -0.25) is 0 Å². The van der Waals surface area contributed by atoms with Crippen LogP contribution < -0.4 is 5.73 Å². The second kappa shape index (κ2) is 6.09. The van der Waals surface area contributed by atoms with E-state index in [9.17, 15) is 26.0 Å². The van der Waals surface area contributed by atoms with Crippen molar-refractivity contribution >= 4 is 31.6 Å². The highest BCUT2D eigenvalue weighted by atomic mass is 79.9. The fourth-order valence-corrected chi connectivity index (χ4v) is 4.23. The average molecular weight is 393 g/mol. The van der Waals surface area contributed by atoms with Crippen LogP contribution in [0.5, 0.6) is 0 Å². The minimum atomic E-state index is -4.70. The summed E-state index contributed by atoms with van der Waals surface area (Å²) < 4.78 is 75.7. The SMILES string of the molecule is CC(C)N(CC(F)(F)F)S(=O)(=O)c1cc(N)c(F)cc1Br. The van der Waals surface area contributed by atoms with Gasteiger partial charge in [0.05, 0.1) is 10.6 Å². The molecule has 0 aliphatic rings. The van der Waals surface area contributed by atoms with Crippen molar-refractivity contribution in [3.63, 3.8) is 0 Å². The highest BCUT2D eigenvalue weighted by Crippen LogP contribution is 2.31. The van der Waals surface area contributed by atoms with E-state index in [4.69, 9.17) is 5.73 Å². The van der Waals surface area contributed by atoms with Gasteiger partial charge in [0.1, 0.15) is 12.4 Å². The first-order valence-corrected chi connectivity index (χ1v) is 7.92. The molecule has 0 fully saturated rings. The fraction of sp³-hybridized carbons (Fsp3) is 0.455. The van der Waals surface area contributed by atoms with Crippen LogP contribution in [0.1, 0.15) is 13.8 Å². The smallest absolute Gasteiger partial charge is 0.396 e. The van der Waals surface area contributed by atoms with E-state index in [0.717, 1.165) is 12.1 Å². The van der Waals surface area contributed by atoms with Crippen molar-refractivity contribution in [2.24, 2.45) is 0 Å². The van der Waals surface area contributed by atoms with Crippen LogP contribution in [0.15, 0.2) is 21.5 Å². The molecule has 0 aliphatic carbocycles. The van der Waals surface area contributed by atoms with Crippen LogP contribution >= 0.6 is 15.9 Å². The zero-order valence-electron chi connectivity index (χ0n) is 11.1. The van der Waals surface area contributed by atoms with Crippen LogP contribution in [0, 0.1) is 5.82 Å². The summed E-state index contributed by atoms with van der Waals surface area (Å²) in [6.45, 7) is 0.977. The lowest BCUT2D eigenvalue weighted by Crippen LogP contribution is -2.43. The van der Waals surface area contributed by atoms with E-state index in [-0.39, 0.29) is 8.78 Å². The lowest BCUT2D eigenvalue weighted by atomic mass is 10.3. The van der Waals surface area contributed by atoms with Gasteiger partial charge in [-0.05, 0) is 41.9 Å². The molecule has 0 aromatic heterocycles. The summed E-state index contributed by atoms with van der Waals surface area (Å²) in [4.78, 5) is -0.514. The molecule has 1 aromatic rings. The topological polar surface area (TPSA) is 63.4 Å². The third kappa shape index (κ3) is 4.30. The monoisotopic (exact) mass is 392 g/mol. The maximum absolute atomic E-state index is 13.2. The summed E-state index contributed by atoms with van der Waals surface area (Å²) in [5, 5.41) is 0. The van der Waals surface area contributed by atoms with E-state index in [1.165, 1.54) is 13.8 Å². The molecule has 0 saturated carbocycles. The van der Waals surface area contributed by atoms with E-state index < -0.39 is 45.2 Å². The molecule has 0 saturated heterocycles. The average Bonchev–Trinajstić information content (AvgIpc) is 2.29. The Morgan fingerprint density at radius 2 is 1.86 bits per heavy atom. The number of anilines is 1. The third-order valence-electron chi connectivity index (χ3n) is 2.55.